The topological polar surface area (TPSA) is 61.4 Å². The van der Waals surface area contributed by atoms with Crippen LogP contribution in [0.1, 0.15) is 12.0 Å². The Morgan fingerprint density at radius 2 is 1.60 bits per heavy atom. The summed E-state index contributed by atoms with van der Waals surface area (Å²) in [6.07, 6.45) is 1.55. The third kappa shape index (κ3) is 6.89. The molecule has 0 saturated heterocycles. The van der Waals surface area contributed by atoms with Gasteiger partial charge in [0.1, 0.15) is 0 Å². The van der Waals surface area contributed by atoms with Gasteiger partial charge in [-0.15, -0.1) is 0 Å². The van der Waals surface area contributed by atoms with Crippen molar-refractivity contribution in [1.29, 1.82) is 0 Å². The third-order valence-corrected chi connectivity index (χ3v) is 2.82. The van der Waals surface area contributed by atoms with E-state index in [1.807, 2.05) is 49.3 Å². The van der Waals surface area contributed by atoms with Crippen LogP contribution in [-0.4, -0.2) is 50.4 Å². The van der Waals surface area contributed by atoms with Gasteiger partial charge in [-0.05, 0) is 39.0 Å². The minimum absolute atomic E-state index is 0.466. The SMILES string of the molecule is CN(C)CCCNC(=O)C(=O)NCCc1ccccc1. The molecule has 1 aromatic rings. The van der Waals surface area contributed by atoms with Gasteiger partial charge in [-0.2, -0.15) is 0 Å². The van der Waals surface area contributed by atoms with E-state index in [4.69, 9.17) is 0 Å². The fourth-order valence-corrected chi connectivity index (χ4v) is 1.72. The van der Waals surface area contributed by atoms with E-state index in [2.05, 4.69) is 10.6 Å². The first kappa shape index (κ1) is 16.2. The van der Waals surface area contributed by atoms with E-state index >= 15 is 0 Å². The molecule has 0 saturated carbocycles. The van der Waals surface area contributed by atoms with E-state index < -0.39 is 11.8 Å². The fraction of sp³-hybridized carbons (Fsp3) is 0.467. The van der Waals surface area contributed by atoms with Crippen LogP contribution in [0.4, 0.5) is 0 Å². The summed E-state index contributed by atoms with van der Waals surface area (Å²) in [5.74, 6) is -1.12. The molecular weight excluding hydrogens is 254 g/mol. The van der Waals surface area contributed by atoms with Crippen molar-refractivity contribution in [2.45, 2.75) is 12.8 Å². The van der Waals surface area contributed by atoms with E-state index in [0.29, 0.717) is 13.1 Å². The molecule has 20 heavy (non-hydrogen) atoms. The summed E-state index contributed by atoms with van der Waals surface area (Å²) in [6.45, 7) is 1.87. The van der Waals surface area contributed by atoms with Gasteiger partial charge in [0.15, 0.2) is 0 Å². The van der Waals surface area contributed by atoms with Crippen LogP contribution in [-0.2, 0) is 16.0 Å². The second-order valence-corrected chi connectivity index (χ2v) is 4.90. The Labute approximate surface area is 120 Å². The zero-order valence-electron chi connectivity index (χ0n) is 12.2. The molecule has 0 aliphatic rings. The van der Waals surface area contributed by atoms with Crippen molar-refractivity contribution in [3.05, 3.63) is 35.9 Å². The second-order valence-electron chi connectivity index (χ2n) is 4.90. The van der Waals surface area contributed by atoms with Gasteiger partial charge in [0.05, 0.1) is 0 Å². The highest BCUT2D eigenvalue weighted by atomic mass is 16.2. The first-order valence-corrected chi connectivity index (χ1v) is 6.84. The van der Waals surface area contributed by atoms with Crippen molar-refractivity contribution in [2.75, 3.05) is 33.7 Å². The van der Waals surface area contributed by atoms with Crippen LogP contribution in [0.5, 0.6) is 0 Å². The Morgan fingerprint density at radius 1 is 1.00 bits per heavy atom. The summed E-state index contributed by atoms with van der Waals surface area (Å²) in [6, 6.07) is 9.84. The van der Waals surface area contributed by atoms with Gasteiger partial charge in [0.2, 0.25) is 0 Å². The predicted molar refractivity (Wildman–Crippen MR) is 79.3 cm³/mol. The molecule has 0 atom stereocenters. The number of benzene rings is 1. The van der Waals surface area contributed by atoms with Gasteiger partial charge in [-0.25, -0.2) is 0 Å². The number of hydrogen-bond donors (Lipinski definition) is 2. The lowest BCUT2D eigenvalue weighted by Gasteiger charge is -2.10. The normalized spacial score (nSPS) is 10.3. The minimum atomic E-state index is -0.564. The number of nitrogens with zero attached hydrogens (tertiary/aromatic N) is 1. The molecule has 0 aliphatic heterocycles. The lowest BCUT2D eigenvalue weighted by molar-refractivity contribution is -0.139. The largest absolute Gasteiger partial charge is 0.348 e. The molecule has 2 amide bonds. The maximum absolute atomic E-state index is 11.5. The molecule has 110 valence electrons. The molecule has 1 rings (SSSR count). The van der Waals surface area contributed by atoms with E-state index in [1.54, 1.807) is 0 Å². The zero-order chi connectivity index (χ0) is 14.8. The van der Waals surface area contributed by atoms with Crippen LogP contribution in [0.15, 0.2) is 30.3 Å². The van der Waals surface area contributed by atoms with Crippen LogP contribution >= 0.6 is 0 Å². The van der Waals surface area contributed by atoms with Gasteiger partial charge in [0.25, 0.3) is 0 Å². The van der Waals surface area contributed by atoms with Gasteiger partial charge in [-0.1, -0.05) is 30.3 Å². The highest BCUT2D eigenvalue weighted by Gasteiger charge is 2.11. The molecule has 5 nitrogen and oxygen atoms in total. The number of carbonyl (C=O) groups is 2. The maximum Gasteiger partial charge on any atom is 0.309 e. The second kappa shape index (κ2) is 9.09. The van der Waals surface area contributed by atoms with Gasteiger partial charge >= 0.3 is 11.8 Å². The lowest BCUT2D eigenvalue weighted by atomic mass is 10.1. The monoisotopic (exact) mass is 277 g/mol. The fourth-order valence-electron chi connectivity index (χ4n) is 1.72. The molecule has 0 aliphatic carbocycles. The van der Waals surface area contributed by atoms with Crippen molar-refractivity contribution in [2.24, 2.45) is 0 Å². The highest BCUT2D eigenvalue weighted by molar-refractivity contribution is 6.35. The highest BCUT2D eigenvalue weighted by Crippen LogP contribution is 1.97. The molecule has 0 bridgehead atoms. The van der Waals surface area contributed by atoms with Crippen molar-refractivity contribution < 1.29 is 9.59 Å². The average molecular weight is 277 g/mol. The average Bonchev–Trinajstić information content (AvgIpc) is 2.44. The molecule has 1 aromatic carbocycles. The van der Waals surface area contributed by atoms with Crippen LogP contribution in [0, 0.1) is 0 Å². The van der Waals surface area contributed by atoms with Crippen LogP contribution in [0.2, 0.25) is 0 Å². The predicted octanol–water partition coefficient (Wildman–Crippen LogP) is 0.413. The Balaban J connectivity index is 2.14. The number of hydrogen-bond acceptors (Lipinski definition) is 3. The summed E-state index contributed by atoms with van der Waals surface area (Å²) in [7, 11) is 3.94. The smallest absolute Gasteiger partial charge is 0.309 e. The molecule has 0 unspecified atom stereocenters. The molecule has 0 heterocycles. The molecule has 0 aromatic heterocycles. The van der Waals surface area contributed by atoms with Gasteiger partial charge in [0, 0.05) is 13.1 Å². The van der Waals surface area contributed by atoms with Gasteiger partial charge in [-0.3, -0.25) is 9.59 Å². The Hall–Kier alpha value is -1.88. The van der Waals surface area contributed by atoms with Crippen molar-refractivity contribution in [3.8, 4) is 0 Å². The zero-order valence-corrected chi connectivity index (χ0v) is 12.2. The van der Waals surface area contributed by atoms with Gasteiger partial charge < -0.3 is 15.5 Å². The number of amides is 2. The van der Waals surface area contributed by atoms with Crippen LogP contribution < -0.4 is 10.6 Å². The summed E-state index contributed by atoms with van der Waals surface area (Å²) in [5.41, 5.74) is 1.14. The Bertz CT molecular complexity index is 418. The molecule has 0 radical (unpaired) electrons. The van der Waals surface area contributed by atoms with E-state index in [9.17, 15) is 9.59 Å². The maximum atomic E-state index is 11.5. The summed E-state index contributed by atoms with van der Waals surface area (Å²) in [4.78, 5) is 25.1. The molecular formula is C15H23N3O2. The molecule has 5 heteroatoms. The molecule has 0 fully saturated rings. The van der Waals surface area contributed by atoms with Crippen molar-refractivity contribution in [3.63, 3.8) is 0 Å². The number of carbonyl (C=O) groups excluding carboxylic acids is 2. The van der Waals surface area contributed by atoms with Crippen molar-refractivity contribution in [1.82, 2.24) is 15.5 Å². The quantitative estimate of drug-likeness (QED) is 0.561. The first-order chi connectivity index (χ1) is 9.59. The lowest BCUT2D eigenvalue weighted by Crippen LogP contribution is -2.41. The molecule has 2 N–H and O–H groups in total. The first-order valence-electron chi connectivity index (χ1n) is 6.84. The van der Waals surface area contributed by atoms with Crippen molar-refractivity contribution >= 4 is 11.8 Å². The van der Waals surface area contributed by atoms with E-state index in [1.165, 1.54) is 0 Å². The third-order valence-electron chi connectivity index (χ3n) is 2.82. The summed E-state index contributed by atoms with van der Waals surface area (Å²) in [5, 5.41) is 5.23. The number of nitrogens with one attached hydrogen (secondary N) is 2. The Kier molecular flexibility index (Phi) is 7.35. The van der Waals surface area contributed by atoms with Crippen LogP contribution in [0.25, 0.3) is 0 Å². The Morgan fingerprint density at radius 3 is 2.20 bits per heavy atom. The summed E-state index contributed by atoms with van der Waals surface area (Å²) >= 11 is 0. The summed E-state index contributed by atoms with van der Waals surface area (Å²) < 4.78 is 0. The minimum Gasteiger partial charge on any atom is -0.348 e. The van der Waals surface area contributed by atoms with E-state index in [0.717, 1.165) is 24.9 Å². The van der Waals surface area contributed by atoms with Crippen LogP contribution in [0.3, 0.4) is 0 Å². The van der Waals surface area contributed by atoms with E-state index in [-0.39, 0.29) is 0 Å². The molecule has 0 spiro atoms. The number of rotatable bonds is 7. The standard InChI is InChI=1S/C15H23N3O2/c1-18(2)12-6-10-16-14(19)15(20)17-11-9-13-7-4-3-5-8-13/h3-5,7-8H,6,9-12H2,1-2H3,(H,16,19)(H,17,20).